The number of ether oxygens (including phenoxy) is 1. The minimum Gasteiger partial charge on any atom is -0.394 e. The van der Waals surface area contributed by atoms with E-state index in [0.29, 0.717) is 19.8 Å². The van der Waals surface area contributed by atoms with Gasteiger partial charge in [-0.3, -0.25) is 4.79 Å². The summed E-state index contributed by atoms with van der Waals surface area (Å²) in [7, 11) is 0. The second kappa shape index (κ2) is 5.61. The summed E-state index contributed by atoms with van der Waals surface area (Å²) in [6.45, 7) is 3.43. The molecule has 2 aliphatic heterocycles. The number of hydrogen-bond donors (Lipinski definition) is 2. The van der Waals surface area contributed by atoms with Gasteiger partial charge >= 0.3 is 0 Å². The van der Waals surface area contributed by atoms with Crippen LogP contribution in [0.15, 0.2) is 0 Å². The molecule has 5 nitrogen and oxygen atoms in total. The minimum absolute atomic E-state index is 0.00805. The molecule has 0 aromatic heterocycles. The minimum atomic E-state index is -0.150. The first-order chi connectivity index (χ1) is 7.83. The van der Waals surface area contributed by atoms with Crippen LogP contribution in [0.5, 0.6) is 0 Å². The van der Waals surface area contributed by atoms with Gasteiger partial charge < -0.3 is 20.1 Å². The number of aliphatic hydroxyl groups is 1. The van der Waals surface area contributed by atoms with Crippen molar-refractivity contribution >= 4 is 5.91 Å². The van der Waals surface area contributed by atoms with E-state index in [2.05, 4.69) is 5.32 Å². The Morgan fingerprint density at radius 2 is 2.44 bits per heavy atom. The molecule has 2 unspecified atom stereocenters. The normalized spacial score (nSPS) is 31.4. The first-order valence-corrected chi connectivity index (χ1v) is 6.02. The lowest BCUT2D eigenvalue weighted by Crippen LogP contribution is -2.54. The van der Waals surface area contributed by atoms with Crippen molar-refractivity contribution in [3.8, 4) is 0 Å². The summed E-state index contributed by atoms with van der Waals surface area (Å²) in [4.78, 5) is 14.0. The van der Waals surface area contributed by atoms with Crippen molar-refractivity contribution < 1.29 is 14.6 Å². The quantitative estimate of drug-likeness (QED) is 0.650. The summed E-state index contributed by atoms with van der Waals surface area (Å²) in [6.07, 6.45) is 2.02. The van der Waals surface area contributed by atoms with Crippen LogP contribution in [0.3, 0.4) is 0 Å². The topological polar surface area (TPSA) is 61.8 Å². The molecule has 0 aliphatic carbocycles. The van der Waals surface area contributed by atoms with Crippen LogP contribution in [0.1, 0.15) is 12.8 Å². The van der Waals surface area contributed by atoms with Crippen LogP contribution < -0.4 is 5.32 Å². The highest BCUT2D eigenvalue weighted by Gasteiger charge is 2.32. The van der Waals surface area contributed by atoms with Gasteiger partial charge in [-0.15, -0.1) is 0 Å². The molecule has 92 valence electrons. The third-order valence-electron chi connectivity index (χ3n) is 3.37. The molecule has 0 spiro atoms. The molecule has 0 aromatic rings. The number of hydrogen-bond acceptors (Lipinski definition) is 4. The second-order valence-corrected chi connectivity index (χ2v) is 4.49. The third kappa shape index (κ3) is 2.53. The van der Waals surface area contributed by atoms with Crippen molar-refractivity contribution in [3.05, 3.63) is 0 Å². The van der Waals surface area contributed by atoms with E-state index in [0.717, 1.165) is 25.9 Å². The predicted molar refractivity (Wildman–Crippen MR) is 59.0 cm³/mol. The molecule has 2 saturated heterocycles. The Kier molecular flexibility index (Phi) is 4.15. The lowest BCUT2D eigenvalue weighted by atomic mass is 9.97. The zero-order valence-electron chi connectivity index (χ0n) is 9.52. The first kappa shape index (κ1) is 11.8. The van der Waals surface area contributed by atoms with Crippen molar-refractivity contribution in [1.82, 2.24) is 10.2 Å². The third-order valence-corrected chi connectivity index (χ3v) is 3.37. The van der Waals surface area contributed by atoms with Gasteiger partial charge in [-0.05, 0) is 19.4 Å². The lowest BCUT2D eigenvalue weighted by Gasteiger charge is -2.37. The maximum Gasteiger partial charge on any atom is 0.227 e. The van der Waals surface area contributed by atoms with E-state index in [9.17, 15) is 9.90 Å². The summed E-state index contributed by atoms with van der Waals surface area (Å²) in [6, 6.07) is -0.150. The molecule has 2 fully saturated rings. The number of piperidine rings is 1. The molecule has 0 aromatic carbocycles. The lowest BCUT2D eigenvalue weighted by molar-refractivity contribution is -0.146. The molecule has 1 amide bonds. The van der Waals surface area contributed by atoms with Crippen molar-refractivity contribution in [3.63, 3.8) is 0 Å². The molecular formula is C11H20N2O3. The molecule has 5 heteroatoms. The van der Waals surface area contributed by atoms with Crippen LogP contribution in [-0.4, -0.2) is 61.4 Å². The number of carbonyl (C=O) groups is 1. The summed E-state index contributed by atoms with van der Waals surface area (Å²) in [5.41, 5.74) is 0. The molecule has 0 radical (unpaired) electrons. The van der Waals surface area contributed by atoms with Crippen LogP contribution in [0, 0.1) is 5.92 Å². The fourth-order valence-corrected chi connectivity index (χ4v) is 2.39. The number of morpholine rings is 1. The highest BCUT2D eigenvalue weighted by molar-refractivity contribution is 5.79. The average molecular weight is 228 g/mol. The maximum atomic E-state index is 12.2. The summed E-state index contributed by atoms with van der Waals surface area (Å²) >= 11 is 0. The smallest absolute Gasteiger partial charge is 0.227 e. The summed E-state index contributed by atoms with van der Waals surface area (Å²) in [5, 5.41) is 12.5. The van der Waals surface area contributed by atoms with Crippen LogP contribution in [0.2, 0.25) is 0 Å². The molecule has 2 rings (SSSR count). The van der Waals surface area contributed by atoms with Crippen molar-refractivity contribution in [2.24, 2.45) is 5.92 Å². The Labute approximate surface area is 95.8 Å². The zero-order valence-corrected chi connectivity index (χ0v) is 9.52. The Balaban J connectivity index is 1.95. The SMILES string of the molecule is O=C(C1CCCNC1)N1CCOCC1CO. The van der Waals surface area contributed by atoms with E-state index in [1.165, 1.54) is 0 Å². The summed E-state index contributed by atoms with van der Waals surface area (Å²) in [5.74, 6) is 0.260. The Bertz CT molecular complexity index is 241. The van der Waals surface area contributed by atoms with Gasteiger partial charge in [0.2, 0.25) is 5.91 Å². The predicted octanol–water partition coefficient (Wildman–Crippen LogP) is -0.794. The van der Waals surface area contributed by atoms with Gasteiger partial charge in [-0.25, -0.2) is 0 Å². The number of aliphatic hydroxyl groups excluding tert-OH is 1. The molecule has 2 aliphatic rings. The van der Waals surface area contributed by atoms with Crippen LogP contribution >= 0.6 is 0 Å². The molecule has 2 N–H and O–H groups in total. The van der Waals surface area contributed by atoms with Gasteiger partial charge in [-0.2, -0.15) is 0 Å². The first-order valence-electron chi connectivity index (χ1n) is 6.02. The molecular weight excluding hydrogens is 208 g/mol. The molecule has 2 atom stereocenters. The number of carbonyl (C=O) groups excluding carboxylic acids is 1. The molecule has 16 heavy (non-hydrogen) atoms. The van der Waals surface area contributed by atoms with Crippen molar-refractivity contribution in [2.75, 3.05) is 39.5 Å². The van der Waals surface area contributed by atoms with Gasteiger partial charge in [0.25, 0.3) is 0 Å². The van der Waals surface area contributed by atoms with Gasteiger partial charge in [0.1, 0.15) is 0 Å². The van der Waals surface area contributed by atoms with Crippen molar-refractivity contribution in [1.29, 1.82) is 0 Å². The largest absolute Gasteiger partial charge is 0.394 e. The van der Waals surface area contributed by atoms with Crippen molar-refractivity contribution in [2.45, 2.75) is 18.9 Å². The van der Waals surface area contributed by atoms with E-state index in [-0.39, 0.29) is 24.5 Å². The average Bonchev–Trinajstić information content (AvgIpc) is 2.39. The van der Waals surface area contributed by atoms with Gasteiger partial charge in [0, 0.05) is 13.1 Å². The van der Waals surface area contributed by atoms with Gasteiger partial charge in [0.15, 0.2) is 0 Å². The zero-order chi connectivity index (χ0) is 11.4. The van der Waals surface area contributed by atoms with E-state index < -0.39 is 0 Å². The Morgan fingerprint density at radius 1 is 1.56 bits per heavy atom. The standard InChI is InChI=1S/C11H20N2O3/c14-7-10-8-16-5-4-13(10)11(15)9-2-1-3-12-6-9/h9-10,12,14H,1-8H2. The highest BCUT2D eigenvalue weighted by Crippen LogP contribution is 2.17. The molecule has 0 bridgehead atoms. The van der Waals surface area contributed by atoms with E-state index in [4.69, 9.17) is 4.74 Å². The van der Waals surface area contributed by atoms with Gasteiger partial charge in [-0.1, -0.05) is 0 Å². The van der Waals surface area contributed by atoms with E-state index >= 15 is 0 Å². The number of rotatable bonds is 2. The highest BCUT2D eigenvalue weighted by atomic mass is 16.5. The summed E-state index contributed by atoms with van der Waals surface area (Å²) < 4.78 is 5.27. The molecule has 2 heterocycles. The molecule has 0 saturated carbocycles. The number of amides is 1. The Morgan fingerprint density at radius 3 is 3.12 bits per heavy atom. The van der Waals surface area contributed by atoms with Crippen LogP contribution in [-0.2, 0) is 9.53 Å². The Hall–Kier alpha value is -0.650. The van der Waals surface area contributed by atoms with Gasteiger partial charge in [0.05, 0.1) is 31.8 Å². The van der Waals surface area contributed by atoms with Crippen LogP contribution in [0.25, 0.3) is 0 Å². The maximum absolute atomic E-state index is 12.2. The van der Waals surface area contributed by atoms with E-state index in [1.807, 2.05) is 0 Å². The monoisotopic (exact) mass is 228 g/mol. The van der Waals surface area contributed by atoms with E-state index in [1.54, 1.807) is 4.90 Å². The van der Waals surface area contributed by atoms with Crippen LogP contribution in [0.4, 0.5) is 0 Å². The number of nitrogens with one attached hydrogen (secondary N) is 1. The fraction of sp³-hybridized carbons (Fsp3) is 0.909. The fourth-order valence-electron chi connectivity index (χ4n) is 2.39. The number of nitrogens with zero attached hydrogens (tertiary/aromatic N) is 1. The second-order valence-electron chi connectivity index (χ2n) is 4.49.